The van der Waals surface area contributed by atoms with Crippen LogP contribution in [0.15, 0.2) is 41.3 Å². The van der Waals surface area contributed by atoms with Crippen LogP contribution in [0.25, 0.3) is 0 Å². The fraction of sp³-hybridized carbons (Fsp3) is 0.333. The van der Waals surface area contributed by atoms with Crippen LogP contribution >= 0.6 is 0 Å². The molecule has 24 heavy (non-hydrogen) atoms. The SMILES string of the molecule is COc1ccc(S(=O)(=O)NCCOc2cccc(C)c2)c(C)c1C. The van der Waals surface area contributed by atoms with Crippen molar-refractivity contribution in [1.29, 1.82) is 0 Å². The first-order valence-electron chi connectivity index (χ1n) is 7.68. The van der Waals surface area contributed by atoms with Crippen LogP contribution in [0.2, 0.25) is 0 Å². The maximum absolute atomic E-state index is 12.5. The highest BCUT2D eigenvalue weighted by Crippen LogP contribution is 2.26. The first kappa shape index (κ1) is 18.3. The average molecular weight is 349 g/mol. The molecule has 2 aromatic rings. The van der Waals surface area contributed by atoms with Crippen molar-refractivity contribution in [1.82, 2.24) is 4.72 Å². The summed E-state index contributed by atoms with van der Waals surface area (Å²) in [6, 6.07) is 10.9. The summed E-state index contributed by atoms with van der Waals surface area (Å²) in [4.78, 5) is 0.261. The third-order valence-corrected chi connectivity index (χ3v) is 5.46. The van der Waals surface area contributed by atoms with Crippen LogP contribution in [0.5, 0.6) is 11.5 Å². The lowest BCUT2D eigenvalue weighted by atomic mass is 10.1. The van der Waals surface area contributed by atoms with Gasteiger partial charge in [-0.1, -0.05) is 12.1 Å². The molecule has 0 aromatic heterocycles. The van der Waals surface area contributed by atoms with Gasteiger partial charge in [0.05, 0.1) is 12.0 Å². The number of ether oxygens (including phenoxy) is 2. The first-order chi connectivity index (χ1) is 11.3. The Balaban J connectivity index is 2.00. The molecule has 2 aromatic carbocycles. The second-order valence-corrected chi connectivity index (χ2v) is 7.31. The van der Waals surface area contributed by atoms with Crippen molar-refractivity contribution in [2.45, 2.75) is 25.7 Å². The predicted molar refractivity (Wildman–Crippen MR) is 94.3 cm³/mol. The van der Waals surface area contributed by atoms with Crippen LogP contribution in [-0.4, -0.2) is 28.7 Å². The quantitative estimate of drug-likeness (QED) is 0.781. The van der Waals surface area contributed by atoms with Crippen molar-refractivity contribution in [2.75, 3.05) is 20.3 Å². The lowest BCUT2D eigenvalue weighted by Crippen LogP contribution is -2.29. The molecule has 6 heteroatoms. The Morgan fingerprint density at radius 3 is 2.46 bits per heavy atom. The Morgan fingerprint density at radius 2 is 1.79 bits per heavy atom. The standard InChI is InChI=1S/C18H23NO4S/c1-13-6-5-7-16(12-13)23-11-10-19-24(20,21)18-9-8-17(22-4)14(2)15(18)3/h5-9,12,19H,10-11H2,1-4H3. The Labute approximate surface area is 143 Å². The van der Waals surface area contributed by atoms with Gasteiger partial charge in [0.25, 0.3) is 0 Å². The van der Waals surface area contributed by atoms with Crippen molar-refractivity contribution in [3.05, 3.63) is 53.1 Å². The van der Waals surface area contributed by atoms with E-state index in [9.17, 15) is 8.42 Å². The summed E-state index contributed by atoms with van der Waals surface area (Å²) in [6.45, 7) is 6.05. The summed E-state index contributed by atoms with van der Waals surface area (Å²) < 4.78 is 38.3. The van der Waals surface area contributed by atoms with Gasteiger partial charge in [-0.25, -0.2) is 13.1 Å². The molecule has 0 bridgehead atoms. The number of benzene rings is 2. The van der Waals surface area contributed by atoms with Crippen LogP contribution in [0.4, 0.5) is 0 Å². The van der Waals surface area contributed by atoms with Crippen LogP contribution in [0.3, 0.4) is 0 Å². The van der Waals surface area contributed by atoms with E-state index in [0.29, 0.717) is 11.3 Å². The van der Waals surface area contributed by atoms with Crippen molar-refractivity contribution in [2.24, 2.45) is 0 Å². The molecule has 0 spiro atoms. The van der Waals surface area contributed by atoms with E-state index < -0.39 is 10.0 Å². The van der Waals surface area contributed by atoms with E-state index >= 15 is 0 Å². The van der Waals surface area contributed by atoms with Gasteiger partial charge in [0.15, 0.2) is 0 Å². The van der Waals surface area contributed by atoms with E-state index in [2.05, 4.69) is 4.72 Å². The van der Waals surface area contributed by atoms with E-state index in [1.807, 2.05) is 38.1 Å². The van der Waals surface area contributed by atoms with Gasteiger partial charge in [-0.3, -0.25) is 0 Å². The topological polar surface area (TPSA) is 64.6 Å². The zero-order valence-corrected chi connectivity index (χ0v) is 15.2. The van der Waals surface area contributed by atoms with Gasteiger partial charge in [0.2, 0.25) is 10.0 Å². The van der Waals surface area contributed by atoms with Gasteiger partial charge < -0.3 is 9.47 Å². The second kappa shape index (κ2) is 7.68. The zero-order chi connectivity index (χ0) is 17.7. The fourth-order valence-corrected chi connectivity index (χ4v) is 3.72. The number of sulfonamides is 1. The molecular weight excluding hydrogens is 326 g/mol. The summed E-state index contributed by atoms with van der Waals surface area (Å²) in [6.07, 6.45) is 0. The van der Waals surface area contributed by atoms with E-state index in [0.717, 1.165) is 16.9 Å². The summed E-state index contributed by atoms with van der Waals surface area (Å²) in [5, 5.41) is 0. The first-order valence-corrected chi connectivity index (χ1v) is 9.17. The molecule has 0 aliphatic heterocycles. The number of methoxy groups -OCH3 is 1. The third-order valence-electron chi connectivity index (χ3n) is 3.85. The minimum Gasteiger partial charge on any atom is -0.496 e. The molecule has 0 atom stereocenters. The van der Waals surface area contributed by atoms with Crippen LogP contribution in [0, 0.1) is 20.8 Å². The molecule has 0 saturated heterocycles. The molecule has 2 rings (SSSR count). The monoisotopic (exact) mass is 349 g/mol. The normalized spacial score (nSPS) is 11.3. The molecule has 1 N–H and O–H groups in total. The molecule has 0 radical (unpaired) electrons. The molecule has 5 nitrogen and oxygen atoms in total. The minimum atomic E-state index is -3.59. The summed E-state index contributed by atoms with van der Waals surface area (Å²) in [7, 11) is -2.02. The van der Waals surface area contributed by atoms with E-state index in [1.54, 1.807) is 26.2 Å². The summed E-state index contributed by atoms with van der Waals surface area (Å²) in [5.41, 5.74) is 2.59. The molecule has 0 saturated carbocycles. The largest absolute Gasteiger partial charge is 0.496 e. The Morgan fingerprint density at radius 1 is 1.04 bits per heavy atom. The molecular formula is C18H23NO4S. The van der Waals surface area contributed by atoms with Crippen LogP contribution in [-0.2, 0) is 10.0 Å². The highest BCUT2D eigenvalue weighted by molar-refractivity contribution is 7.89. The van der Waals surface area contributed by atoms with Crippen LogP contribution < -0.4 is 14.2 Å². The zero-order valence-electron chi connectivity index (χ0n) is 14.4. The van der Waals surface area contributed by atoms with Crippen molar-refractivity contribution < 1.29 is 17.9 Å². The Kier molecular flexibility index (Phi) is 5.85. The van der Waals surface area contributed by atoms with Gasteiger partial charge in [-0.05, 0) is 61.7 Å². The van der Waals surface area contributed by atoms with Gasteiger partial charge in [0.1, 0.15) is 18.1 Å². The number of rotatable bonds is 7. The van der Waals surface area contributed by atoms with E-state index in [-0.39, 0.29) is 18.0 Å². The highest BCUT2D eigenvalue weighted by Gasteiger charge is 2.19. The molecule has 0 fully saturated rings. The molecule has 0 aliphatic carbocycles. The maximum atomic E-state index is 12.5. The highest BCUT2D eigenvalue weighted by atomic mass is 32.2. The molecule has 0 amide bonds. The van der Waals surface area contributed by atoms with Crippen LogP contribution in [0.1, 0.15) is 16.7 Å². The molecule has 130 valence electrons. The van der Waals surface area contributed by atoms with Gasteiger partial charge in [0, 0.05) is 6.54 Å². The number of hydrogen-bond donors (Lipinski definition) is 1. The molecule has 0 unspecified atom stereocenters. The lowest BCUT2D eigenvalue weighted by molar-refractivity contribution is 0.322. The molecule has 0 aliphatic rings. The lowest BCUT2D eigenvalue weighted by Gasteiger charge is -2.14. The van der Waals surface area contributed by atoms with Gasteiger partial charge in [-0.2, -0.15) is 0 Å². The third kappa shape index (κ3) is 4.27. The van der Waals surface area contributed by atoms with E-state index in [1.165, 1.54) is 0 Å². The molecule has 0 heterocycles. The number of aryl methyl sites for hydroxylation is 1. The van der Waals surface area contributed by atoms with Crippen molar-refractivity contribution in [3.63, 3.8) is 0 Å². The average Bonchev–Trinajstić information content (AvgIpc) is 2.54. The van der Waals surface area contributed by atoms with Crippen molar-refractivity contribution >= 4 is 10.0 Å². The second-order valence-electron chi connectivity index (χ2n) is 5.58. The van der Waals surface area contributed by atoms with Crippen molar-refractivity contribution in [3.8, 4) is 11.5 Å². The number of hydrogen-bond acceptors (Lipinski definition) is 4. The summed E-state index contributed by atoms with van der Waals surface area (Å²) in [5.74, 6) is 1.40. The Hall–Kier alpha value is -2.05. The van der Waals surface area contributed by atoms with Gasteiger partial charge >= 0.3 is 0 Å². The van der Waals surface area contributed by atoms with E-state index in [4.69, 9.17) is 9.47 Å². The summed E-state index contributed by atoms with van der Waals surface area (Å²) >= 11 is 0. The minimum absolute atomic E-state index is 0.195. The predicted octanol–water partition coefficient (Wildman–Crippen LogP) is 2.98. The Bertz CT molecular complexity index is 816. The van der Waals surface area contributed by atoms with Gasteiger partial charge in [-0.15, -0.1) is 0 Å². The fourth-order valence-electron chi connectivity index (χ4n) is 2.41. The number of nitrogens with one attached hydrogen (secondary N) is 1. The smallest absolute Gasteiger partial charge is 0.240 e. The maximum Gasteiger partial charge on any atom is 0.240 e.